The smallest absolute Gasteiger partial charge is 0.331 e. The fraction of sp³-hybridized carbons (Fsp3) is 0.667. The standard InChI is InChI=1S/C35H52O7.C25H36O5/c1-32(2,3)30(38)40-18-14-12-11-13-17-34(7,8)23-20-26(41-31(39)33(4,5)6)28-24-19-22(29(36)37)15-16-25(24)35(9,10)42-27(28)21-23;1-24(2,11-7-5-6-8-12-26)17-14-20(27)22-18-13-16(23(28)29)9-10-19(18)25(3,4)30-21(22)15-17/h15,20-21,24-25H,11-14,16-19H2,1-10H3,(H,36,37);9,14-15,18-19,26-27H,5-8,10-13H2,1-4H3,(H,28,29)/t24-,25-;18-,19-/m11/s1. The van der Waals surface area contributed by atoms with Crippen LogP contribution in [0.25, 0.3) is 0 Å². The van der Waals surface area contributed by atoms with E-state index in [9.17, 15) is 34.5 Å². The minimum atomic E-state index is -0.905. The molecule has 2 heterocycles. The number of aliphatic hydroxyl groups is 1. The molecule has 4 N–H and O–H groups in total. The largest absolute Gasteiger partial charge is 0.508 e. The van der Waals surface area contributed by atoms with Crippen LogP contribution >= 0.6 is 0 Å². The van der Waals surface area contributed by atoms with E-state index >= 15 is 0 Å². The van der Waals surface area contributed by atoms with Crippen LogP contribution in [0.2, 0.25) is 0 Å². The van der Waals surface area contributed by atoms with Crippen molar-refractivity contribution in [3.05, 3.63) is 69.8 Å². The Morgan fingerprint density at radius 3 is 1.49 bits per heavy atom. The summed E-state index contributed by atoms with van der Waals surface area (Å²) in [7, 11) is 0. The number of carbonyl (C=O) groups excluding carboxylic acids is 2. The molecule has 2 aromatic carbocycles. The maximum absolute atomic E-state index is 13.1. The normalized spacial score (nSPS) is 21.0. The Balaban J connectivity index is 0.000000282. The molecule has 0 unspecified atom stereocenters. The molecule has 0 fully saturated rings. The van der Waals surface area contributed by atoms with E-state index in [1.807, 2.05) is 65.8 Å². The molecule has 6 rings (SSSR count). The molecule has 0 spiro atoms. The molecule has 0 amide bonds. The molecule has 0 bridgehead atoms. The molecule has 12 nitrogen and oxygen atoms in total. The van der Waals surface area contributed by atoms with Crippen LogP contribution in [0, 0.1) is 22.7 Å². The lowest BCUT2D eigenvalue weighted by Crippen LogP contribution is -2.46. The molecule has 0 radical (unpaired) electrons. The second-order valence-corrected chi connectivity index (χ2v) is 25.4. The highest BCUT2D eigenvalue weighted by Gasteiger charge is 2.49. The van der Waals surface area contributed by atoms with Crippen molar-refractivity contribution in [2.45, 2.75) is 221 Å². The minimum absolute atomic E-state index is 0.0571. The molecule has 400 valence electrons. The third kappa shape index (κ3) is 14.1. The first kappa shape index (κ1) is 58.1. The molecule has 0 saturated carbocycles. The zero-order chi connectivity index (χ0) is 53.8. The lowest BCUT2D eigenvalue weighted by Gasteiger charge is -2.47. The van der Waals surface area contributed by atoms with Gasteiger partial charge in [-0.15, -0.1) is 0 Å². The Bertz CT molecular complexity index is 2350. The molecule has 2 aliphatic heterocycles. The summed E-state index contributed by atoms with van der Waals surface area (Å²) < 4.78 is 24.5. The van der Waals surface area contributed by atoms with Gasteiger partial charge in [0.15, 0.2) is 0 Å². The number of carboxylic acid groups (broad SMARTS) is 2. The lowest BCUT2D eigenvalue weighted by molar-refractivity contribution is -0.153. The highest BCUT2D eigenvalue weighted by atomic mass is 16.5. The van der Waals surface area contributed by atoms with E-state index in [1.54, 1.807) is 0 Å². The monoisotopic (exact) mass is 1000 g/mol. The number of allylic oxidation sites excluding steroid dienone is 2. The molecular weight excluding hydrogens is 913 g/mol. The van der Waals surface area contributed by atoms with E-state index in [4.69, 9.17) is 24.1 Å². The van der Waals surface area contributed by atoms with Crippen LogP contribution in [-0.2, 0) is 34.7 Å². The van der Waals surface area contributed by atoms with Crippen molar-refractivity contribution in [2.24, 2.45) is 22.7 Å². The van der Waals surface area contributed by atoms with Gasteiger partial charge in [0.1, 0.15) is 34.2 Å². The zero-order valence-electron chi connectivity index (χ0n) is 46.1. The number of aliphatic hydroxyl groups excluding tert-OH is 1. The zero-order valence-corrected chi connectivity index (χ0v) is 46.1. The first-order chi connectivity index (χ1) is 33.3. The molecular formula is C60H88O12. The molecule has 4 aliphatic rings. The Morgan fingerprint density at radius 1 is 0.597 bits per heavy atom. The van der Waals surface area contributed by atoms with Crippen LogP contribution < -0.4 is 14.2 Å². The molecule has 4 atom stereocenters. The topological polar surface area (TPSA) is 186 Å². The molecule has 12 heteroatoms. The van der Waals surface area contributed by atoms with E-state index in [-0.39, 0.29) is 58.8 Å². The van der Waals surface area contributed by atoms with E-state index < -0.39 is 34.0 Å². The average molecular weight is 1000 g/mol. The maximum atomic E-state index is 13.1. The summed E-state index contributed by atoms with van der Waals surface area (Å²) in [5.74, 6) is -0.227. The van der Waals surface area contributed by atoms with Crippen molar-refractivity contribution in [2.75, 3.05) is 13.2 Å². The SMILES string of the molecule is CC(C)(C)C(=O)OCCCCCCC(C)(C)c1cc(OC(=O)C(C)(C)C)c2c(c1)OC(C)(C)[C@@H]1CC=C(C(=O)O)C[C@@H]21.CC(C)(CCCCCCO)c1cc(O)c2c(c1)OC(C)(C)[C@@H]1CC=C(C(=O)O)C[C@@H]21. The third-order valence-corrected chi connectivity index (χ3v) is 15.8. The van der Waals surface area contributed by atoms with Gasteiger partial charge < -0.3 is 39.4 Å². The number of carboxylic acids is 2. The minimum Gasteiger partial charge on any atom is -0.508 e. The predicted octanol–water partition coefficient (Wildman–Crippen LogP) is 13.4. The number of phenolic OH excluding ortho intramolecular Hbond substituents is 1. The summed E-state index contributed by atoms with van der Waals surface area (Å²) in [5.41, 5.74) is 1.97. The van der Waals surface area contributed by atoms with Gasteiger partial charge in [-0.25, -0.2) is 9.59 Å². The Hall–Kier alpha value is -4.84. The number of ether oxygens (including phenoxy) is 4. The van der Waals surface area contributed by atoms with Crippen LogP contribution in [0.3, 0.4) is 0 Å². The number of aliphatic carboxylic acids is 2. The van der Waals surface area contributed by atoms with Crippen molar-refractivity contribution in [1.82, 2.24) is 0 Å². The second-order valence-electron chi connectivity index (χ2n) is 25.4. The predicted molar refractivity (Wildman–Crippen MR) is 281 cm³/mol. The van der Waals surface area contributed by atoms with Gasteiger partial charge in [-0.2, -0.15) is 0 Å². The Morgan fingerprint density at radius 2 is 1.03 bits per heavy atom. The average Bonchev–Trinajstić information content (AvgIpc) is 3.26. The summed E-state index contributed by atoms with van der Waals surface area (Å²) in [5, 5.41) is 39.2. The van der Waals surface area contributed by atoms with Gasteiger partial charge in [0.05, 0.1) is 17.4 Å². The summed E-state index contributed by atoms with van der Waals surface area (Å²) in [6, 6.07) is 7.96. The van der Waals surface area contributed by atoms with Gasteiger partial charge in [-0.05, 0) is 167 Å². The second kappa shape index (κ2) is 22.7. The highest BCUT2D eigenvalue weighted by molar-refractivity contribution is 5.88. The van der Waals surface area contributed by atoms with Crippen molar-refractivity contribution < 1.29 is 58.6 Å². The van der Waals surface area contributed by atoms with E-state index in [0.717, 1.165) is 86.5 Å². The first-order valence-electron chi connectivity index (χ1n) is 26.6. The number of aromatic hydroxyl groups is 1. The van der Waals surface area contributed by atoms with Gasteiger partial charge in [-0.3, -0.25) is 9.59 Å². The number of esters is 2. The van der Waals surface area contributed by atoms with Crippen molar-refractivity contribution in [3.63, 3.8) is 0 Å². The third-order valence-electron chi connectivity index (χ3n) is 15.8. The van der Waals surface area contributed by atoms with Gasteiger partial charge in [0.2, 0.25) is 0 Å². The van der Waals surface area contributed by atoms with Crippen LogP contribution in [0.15, 0.2) is 47.6 Å². The number of benzene rings is 2. The van der Waals surface area contributed by atoms with Crippen molar-refractivity contribution in [1.29, 1.82) is 0 Å². The van der Waals surface area contributed by atoms with Gasteiger partial charge >= 0.3 is 23.9 Å². The van der Waals surface area contributed by atoms with E-state index in [0.29, 0.717) is 60.7 Å². The van der Waals surface area contributed by atoms with Crippen molar-refractivity contribution >= 4 is 23.9 Å². The molecule has 0 saturated heterocycles. The number of phenols is 1. The van der Waals surface area contributed by atoms with Gasteiger partial charge in [0.25, 0.3) is 0 Å². The maximum Gasteiger partial charge on any atom is 0.331 e. The van der Waals surface area contributed by atoms with Crippen LogP contribution in [0.1, 0.15) is 221 Å². The molecule has 2 aromatic rings. The van der Waals surface area contributed by atoms with Crippen LogP contribution in [0.5, 0.6) is 23.0 Å². The van der Waals surface area contributed by atoms with Crippen LogP contribution in [0.4, 0.5) is 0 Å². The summed E-state index contributed by atoms with van der Waals surface area (Å²) in [4.78, 5) is 48.6. The number of carbonyl (C=O) groups is 4. The summed E-state index contributed by atoms with van der Waals surface area (Å²) >= 11 is 0. The number of hydrogen-bond acceptors (Lipinski definition) is 10. The quantitative estimate of drug-likeness (QED) is 0.0630. The van der Waals surface area contributed by atoms with Crippen LogP contribution in [-0.4, -0.2) is 68.7 Å². The van der Waals surface area contributed by atoms with Crippen molar-refractivity contribution in [3.8, 4) is 23.0 Å². The number of unbranched alkanes of at least 4 members (excludes halogenated alkanes) is 6. The number of hydrogen-bond donors (Lipinski definition) is 4. The van der Waals surface area contributed by atoms with E-state index in [2.05, 4.69) is 67.5 Å². The molecule has 0 aromatic heterocycles. The van der Waals surface area contributed by atoms with E-state index in [1.165, 1.54) is 0 Å². The number of fused-ring (bicyclic) bond motifs is 6. The summed E-state index contributed by atoms with van der Waals surface area (Å²) in [6.07, 6.45) is 15.4. The highest BCUT2D eigenvalue weighted by Crippen LogP contribution is 2.57. The first-order valence-corrected chi connectivity index (χ1v) is 26.6. The van der Waals surface area contributed by atoms with Gasteiger partial charge in [-0.1, -0.05) is 78.4 Å². The Kier molecular flexibility index (Phi) is 18.3. The summed E-state index contributed by atoms with van der Waals surface area (Å²) in [6.45, 7) is 28.7. The van der Waals surface area contributed by atoms with Gasteiger partial charge in [0, 0.05) is 52.6 Å². The fourth-order valence-electron chi connectivity index (χ4n) is 11.0. The molecule has 2 aliphatic carbocycles. The molecule has 72 heavy (non-hydrogen) atoms. The number of rotatable bonds is 18. The fourth-order valence-corrected chi connectivity index (χ4v) is 11.0. The lowest BCUT2D eigenvalue weighted by atomic mass is 9.66. The Labute approximate surface area is 430 Å².